The van der Waals surface area contributed by atoms with Crippen LogP contribution in [0.4, 0.5) is 18.0 Å². The molecule has 2 aromatic rings. The van der Waals surface area contributed by atoms with Gasteiger partial charge in [-0.05, 0) is 55.6 Å². The Bertz CT molecular complexity index is 1460. The standard InChI is InChI=1S/C32H41F3N4O7/c1-5-19-24-15-39(25(19)29(41)42)28(40)26(31(2,3)4)38-30(43)46-23-13-17(23)9-7-6-8-10-21-27(45-24)37-22-14-18(11-12-20(22)36-21)44-16-32(33,34)35/h11-12,14,17,19,23-26H,5-10,13,15-16H2,1-4H3,(H,38,43)(H,41,42)/t17?,19-,23-,24+,25+,26-/m1/s1. The molecule has 1 saturated carbocycles. The Morgan fingerprint density at radius 2 is 1.85 bits per heavy atom. The number of carbonyl (C=O) groups excluding carboxylic acids is 2. The number of carboxylic acid groups (broad SMARTS) is 1. The molecule has 6 atom stereocenters. The van der Waals surface area contributed by atoms with Gasteiger partial charge in [0, 0.05) is 12.0 Å². The van der Waals surface area contributed by atoms with Crippen LogP contribution in [0.15, 0.2) is 18.2 Å². The third kappa shape index (κ3) is 7.75. The lowest BCUT2D eigenvalue weighted by Gasteiger charge is -2.34. The fourth-order valence-corrected chi connectivity index (χ4v) is 6.39. The van der Waals surface area contributed by atoms with Crippen LogP contribution >= 0.6 is 0 Å². The van der Waals surface area contributed by atoms with Crippen LogP contribution in [0.3, 0.4) is 0 Å². The van der Waals surface area contributed by atoms with E-state index in [0.717, 1.165) is 32.1 Å². The summed E-state index contributed by atoms with van der Waals surface area (Å²) in [6.07, 6.45) is -1.23. The van der Waals surface area contributed by atoms with Gasteiger partial charge in [-0.2, -0.15) is 13.2 Å². The minimum absolute atomic E-state index is 0.0353. The molecule has 2 N–H and O–H groups in total. The van der Waals surface area contributed by atoms with Crippen LogP contribution in [0.25, 0.3) is 11.0 Å². The molecular weight excluding hydrogens is 609 g/mol. The zero-order chi connectivity index (χ0) is 33.4. The van der Waals surface area contributed by atoms with Gasteiger partial charge in [0.05, 0.1) is 17.6 Å². The Labute approximate surface area is 265 Å². The molecule has 2 amide bonds. The molecule has 14 heteroatoms. The largest absolute Gasteiger partial charge is 0.484 e. The Balaban J connectivity index is 1.51. The van der Waals surface area contributed by atoms with Crippen molar-refractivity contribution in [3.05, 3.63) is 23.9 Å². The SMILES string of the molecule is CC[C@@H]1[C@@H]2CN(C(=O)[C@H](C(C)(C)C)NC(=O)O[C@@H]3CC3CCCCCc3nc4ccc(OCC(F)(F)F)cc4nc3O2)[C@@H]1C(=O)O. The highest BCUT2D eigenvalue weighted by atomic mass is 19.4. The van der Waals surface area contributed by atoms with E-state index < -0.39 is 60.3 Å². The first-order chi connectivity index (χ1) is 21.6. The Kier molecular flexibility index (Phi) is 9.55. The second kappa shape index (κ2) is 13.1. The van der Waals surface area contributed by atoms with Crippen LogP contribution in [0.2, 0.25) is 0 Å². The van der Waals surface area contributed by atoms with Crippen LogP contribution in [-0.4, -0.2) is 81.6 Å². The van der Waals surface area contributed by atoms with Crippen molar-refractivity contribution < 1.29 is 46.9 Å². The second-order valence-corrected chi connectivity index (χ2v) is 13.5. The zero-order valence-corrected chi connectivity index (χ0v) is 26.4. The Hall–Kier alpha value is -3.84. The average Bonchev–Trinajstić information content (AvgIpc) is 3.59. The van der Waals surface area contributed by atoms with E-state index in [0.29, 0.717) is 24.1 Å². The summed E-state index contributed by atoms with van der Waals surface area (Å²) in [5, 5.41) is 13.0. The van der Waals surface area contributed by atoms with Crippen molar-refractivity contribution >= 4 is 29.0 Å². The predicted octanol–water partition coefficient (Wildman–Crippen LogP) is 5.29. The lowest BCUT2D eigenvalue weighted by atomic mass is 9.85. The molecule has 1 unspecified atom stereocenters. The first-order valence-corrected chi connectivity index (χ1v) is 15.8. The van der Waals surface area contributed by atoms with Crippen LogP contribution in [0, 0.1) is 17.3 Å². The molecule has 0 radical (unpaired) electrons. The van der Waals surface area contributed by atoms with Gasteiger partial charge < -0.3 is 29.5 Å². The van der Waals surface area contributed by atoms with E-state index >= 15 is 0 Å². The molecule has 1 aromatic carbocycles. The minimum Gasteiger partial charge on any atom is -0.484 e. The van der Waals surface area contributed by atoms with E-state index in [9.17, 15) is 32.7 Å². The maximum absolute atomic E-state index is 14.1. The highest BCUT2D eigenvalue weighted by molar-refractivity contribution is 5.90. The third-order valence-electron chi connectivity index (χ3n) is 8.92. The van der Waals surface area contributed by atoms with Crippen molar-refractivity contribution in [2.75, 3.05) is 13.2 Å². The Morgan fingerprint density at radius 3 is 2.52 bits per heavy atom. The number of halogens is 3. The molecule has 1 aliphatic carbocycles. The number of carbonyl (C=O) groups is 3. The lowest BCUT2D eigenvalue weighted by Crippen LogP contribution is -2.57. The van der Waals surface area contributed by atoms with Gasteiger partial charge in [-0.3, -0.25) is 4.79 Å². The summed E-state index contributed by atoms with van der Waals surface area (Å²) in [6.45, 7) is 5.60. The summed E-state index contributed by atoms with van der Waals surface area (Å²) in [5.74, 6) is -2.06. The van der Waals surface area contributed by atoms with E-state index in [4.69, 9.17) is 19.2 Å². The van der Waals surface area contributed by atoms with Crippen molar-refractivity contribution in [2.24, 2.45) is 17.3 Å². The van der Waals surface area contributed by atoms with Gasteiger partial charge in [-0.25, -0.2) is 19.6 Å². The van der Waals surface area contributed by atoms with E-state index in [-0.39, 0.29) is 35.7 Å². The van der Waals surface area contributed by atoms with Gasteiger partial charge in [-0.1, -0.05) is 40.5 Å². The van der Waals surface area contributed by atoms with E-state index in [2.05, 4.69) is 10.3 Å². The summed E-state index contributed by atoms with van der Waals surface area (Å²) in [5.41, 5.74) is 0.470. The second-order valence-electron chi connectivity index (χ2n) is 13.5. The maximum atomic E-state index is 14.1. The number of alkyl carbamates (subject to hydrolysis) is 1. The third-order valence-corrected chi connectivity index (χ3v) is 8.92. The molecule has 46 heavy (non-hydrogen) atoms. The molecule has 2 bridgehead atoms. The van der Waals surface area contributed by atoms with Gasteiger partial charge in [0.25, 0.3) is 0 Å². The number of rotatable bonds is 4. The van der Waals surface area contributed by atoms with Crippen molar-refractivity contribution in [2.45, 2.75) is 103 Å². The van der Waals surface area contributed by atoms with E-state index in [1.807, 2.05) is 0 Å². The van der Waals surface area contributed by atoms with Gasteiger partial charge in [0.2, 0.25) is 11.8 Å². The molecule has 0 spiro atoms. The summed E-state index contributed by atoms with van der Waals surface area (Å²) in [7, 11) is 0. The van der Waals surface area contributed by atoms with Crippen LogP contribution in [-0.2, 0) is 20.7 Å². The summed E-state index contributed by atoms with van der Waals surface area (Å²) in [4.78, 5) is 50.2. The first-order valence-electron chi connectivity index (χ1n) is 15.8. The normalized spacial score (nSPS) is 27.8. The van der Waals surface area contributed by atoms with E-state index in [1.54, 1.807) is 33.8 Å². The predicted molar refractivity (Wildman–Crippen MR) is 159 cm³/mol. The van der Waals surface area contributed by atoms with Crippen molar-refractivity contribution in [3.63, 3.8) is 0 Å². The molecule has 5 rings (SSSR count). The topological polar surface area (TPSA) is 140 Å². The number of aliphatic carboxylic acids is 1. The summed E-state index contributed by atoms with van der Waals surface area (Å²) < 4.78 is 55.3. The number of hydrogen-bond acceptors (Lipinski definition) is 8. The fraction of sp³-hybridized carbons (Fsp3) is 0.656. The monoisotopic (exact) mass is 650 g/mol. The van der Waals surface area contributed by atoms with Crippen LogP contribution < -0.4 is 14.8 Å². The van der Waals surface area contributed by atoms with Gasteiger partial charge >= 0.3 is 18.2 Å². The van der Waals surface area contributed by atoms with Gasteiger partial charge in [-0.15, -0.1) is 0 Å². The van der Waals surface area contributed by atoms with Crippen LogP contribution in [0.1, 0.15) is 71.9 Å². The minimum atomic E-state index is -4.51. The molecule has 3 heterocycles. The number of fused-ring (bicyclic) bond motifs is 5. The number of benzene rings is 1. The Morgan fingerprint density at radius 1 is 1.09 bits per heavy atom. The first kappa shape index (κ1) is 33.5. The maximum Gasteiger partial charge on any atom is 0.422 e. The number of ether oxygens (including phenoxy) is 3. The van der Waals surface area contributed by atoms with Crippen molar-refractivity contribution in [3.8, 4) is 11.6 Å². The molecule has 2 aliphatic heterocycles. The number of hydrogen-bond donors (Lipinski definition) is 2. The average molecular weight is 651 g/mol. The fourth-order valence-electron chi connectivity index (χ4n) is 6.39. The smallest absolute Gasteiger partial charge is 0.422 e. The number of amides is 2. The molecule has 1 aromatic heterocycles. The molecule has 11 nitrogen and oxygen atoms in total. The molecule has 252 valence electrons. The van der Waals surface area contributed by atoms with Crippen LogP contribution in [0.5, 0.6) is 11.6 Å². The van der Waals surface area contributed by atoms with Crippen molar-refractivity contribution in [1.29, 1.82) is 0 Å². The number of aromatic nitrogens is 2. The quantitative estimate of drug-likeness (QED) is 0.452. The number of aryl methyl sites for hydroxylation is 1. The number of nitrogens with zero attached hydrogens (tertiary/aromatic N) is 3. The number of carboxylic acids is 1. The van der Waals surface area contributed by atoms with E-state index in [1.165, 1.54) is 17.0 Å². The highest BCUT2D eigenvalue weighted by Crippen LogP contribution is 2.39. The number of alkyl halides is 3. The molecule has 3 aliphatic rings. The molecule has 2 fully saturated rings. The lowest BCUT2D eigenvalue weighted by molar-refractivity contribution is -0.153. The summed E-state index contributed by atoms with van der Waals surface area (Å²) >= 11 is 0. The number of nitrogens with one attached hydrogen (secondary N) is 1. The van der Waals surface area contributed by atoms with Gasteiger partial charge in [0.1, 0.15) is 35.7 Å². The van der Waals surface area contributed by atoms with Crippen molar-refractivity contribution in [1.82, 2.24) is 20.2 Å². The molecular formula is C32H41F3N4O7. The molecule has 1 saturated heterocycles. The van der Waals surface area contributed by atoms with Gasteiger partial charge in [0.15, 0.2) is 6.61 Å². The zero-order valence-electron chi connectivity index (χ0n) is 26.4. The summed E-state index contributed by atoms with van der Waals surface area (Å²) in [6, 6.07) is 2.00. The highest BCUT2D eigenvalue weighted by Gasteiger charge is 2.52.